The van der Waals surface area contributed by atoms with E-state index in [0.29, 0.717) is 22.6 Å². The molecule has 18 heavy (non-hydrogen) atoms. The number of pyridine rings is 1. The quantitative estimate of drug-likeness (QED) is 0.766. The number of aromatic nitrogens is 2. The van der Waals surface area contributed by atoms with Gasteiger partial charge in [0, 0.05) is 6.20 Å². The van der Waals surface area contributed by atoms with Crippen LogP contribution in [0.3, 0.4) is 0 Å². The number of nitrogen functional groups attached to an aromatic ring is 1. The van der Waals surface area contributed by atoms with Crippen LogP contribution in [0.2, 0.25) is 5.22 Å². The van der Waals surface area contributed by atoms with Gasteiger partial charge in [0.15, 0.2) is 11.6 Å². The molecule has 0 fully saturated rings. The first kappa shape index (κ1) is 10.9. The minimum absolute atomic E-state index is 0.225. The highest BCUT2D eigenvalue weighted by atomic mass is 35.5. The Balaban J connectivity index is 2.22. The fraction of sp³-hybridized carbons (Fsp3) is 0. The average molecular weight is 262 g/mol. The Kier molecular flexibility index (Phi) is 2.53. The Labute approximate surface area is 107 Å². The minimum Gasteiger partial charge on any atom is -0.452 e. The summed E-state index contributed by atoms with van der Waals surface area (Å²) < 4.78 is 10.3. The fourth-order valence-corrected chi connectivity index (χ4v) is 1.90. The van der Waals surface area contributed by atoms with E-state index in [-0.39, 0.29) is 11.0 Å². The van der Waals surface area contributed by atoms with Crippen molar-refractivity contribution in [1.29, 1.82) is 0 Å². The van der Waals surface area contributed by atoms with E-state index in [1.807, 2.05) is 18.2 Å². The molecule has 2 N–H and O–H groups in total. The number of anilines is 1. The highest BCUT2D eigenvalue weighted by Crippen LogP contribution is 2.38. The van der Waals surface area contributed by atoms with E-state index in [1.54, 1.807) is 12.3 Å². The minimum atomic E-state index is 0.225. The Hall–Kier alpha value is -2.27. The van der Waals surface area contributed by atoms with Gasteiger partial charge in [-0.05, 0) is 29.8 Å². The van der Waals surface area contributed by atoms with Gasteiger partial charge in [0.2, 0.25) is 5.22 Å². The van der Waals surface area contributed by atoms with Gasteiger partial charge in [-0.25, -0.2) is 0 Å². The van der Waals surface area contributed by atoms with Gasteiger partial charge in [-0.1, -0.05) is 11.2 Å². The third kappa shape index (κ3) is 1.65. The van der Waals surface area contributed by atoms with E-state index in [2.05, 4.69) is 10.1 Å². The zero-order valence-electron chi connectivity index (χ0n) is 9.13. The number of hydrogen-bond donors (Lipinski definition) is 1. The molecule has 0 bridgehead atoms. The molecule has 3 rings (SSSR count). The average Bonchev–Trinajstić information content (AvgIpc) is 2.96. The topological polar surface area (TPSA) is 78.1 Å². The number of furan rings is 1. The summed E-state index contributed by atoms with van der Waals surface area (Å²) in [6.07, 6.45) is 3.14. The van der Waals surface area contributed by atoms with Crippen molar-refractivity contribution < 1.29 is 8.94 Å². The summed E-state index contributed by atoms with van der Waals surface area (Å²) in [5, 5.41) is 3.98. The van der Waals surface area contributed by atoms with Crippen molar-refractivity contribution in [1.82, 2.24) is 10.1 Å². The fourth-order valence-electron chi connectivity index (χ4n) is 1.70. The van der Waals surface area contributed by atoms with Gasteiger partial charge >= 0.3 is 0 Å². The van der Waals surface area contributed by atoms with Crippen LogP contribution in [0, 0.1) is 0 Å². The molecule has 0 amide bonds. The third-order valence-electron chi connectivity index (χ3n) is 2.50. The summed E-state index contributed by atoms with van der Waals surface area (Å²) in [6, 6.07) is 7.18. The first-order chi connectivity index (χ1) is 8.77. The highest BCUT2D eigenvalue weighted by Gasteiger charge is 2.21. The Morgan fingerprint density at radius 1 is 1.22 bits per heavy atom. The third-order valence-corrected chi connectivity index (χ3v) is 2.79. The van der Waals surface area contributed by atoms with Crippen LogP contribution in [-0.4, -0.2) is 10.1 Å². The molecule has 0 spiro atoms. The molecular weight excluding hydrogens is 254 g/mol. The van der Waals surface area contributed by atoms with Crippen LogP contribution in [0.25, 0.3) is 22.6 Å². The number of nitrogens with two attached hydrogens (primary N) is 1. The summed E-state index contributed by atoms with van der Waals surface area (Å²) in [7, 11) is 0. The molecule has 0 saturated heterocycles. The molecule has 0 radical (unpaired) electrons. The molecule has 3 aromatic heterocycles. The number of hydrogen-bond acceptors (Lipinski definition) is 5. The molecule has 6 heteroatoms. The smallest absolute Gasteiger partial charge is 0.204 e. The van der Waals surface area contributed by atoms with Crippen molar-refractivity contribution in [3.63, 3.8) is 0 Å². The highest BCUT2D eigenvalue weighted by molar-refractivity contribution is 6.31. The van der Waals surface area contributed by atoms with E-state index < -0.39 is 0 Å². The Morgan fingerprint density at radius 2 is 2.11 bits per heavy atom. The molecule has 0 saturated carbocycles. The van der Waals surface area contributed by atoms with Crippen molar-refractivity contribution in [2.24, 2.45) is 0 Å². The number of rotatable bonds is 2. The SMILES string of the molecule is Nc1noc(-c2ccoc2Cl)c1-c1ccccn1. The van der Waals surface area contributed by atoms with Crippen molar-refractivity contribution >= 4 is 17.4 Å². The molecule has 0 unspecified atom stereocenters. The maximum absolute atomic E-state index is 5.93. The van der Waals surface area contributed by atoms with Crippen molar-refractivity contribution in [2.75, 3.05) is 5.73 Å². The maximum Gasteiger partial charge on any atom is 0.204 e. The van der Waals surface area contributed by atoms with Gasteiger partial charge in [0.25, 0.3) is 0 Å². The van der Waals surface area contributed by atoms with Gasteiger partial charge in [-0.15, -0.1) is 0 Å². The van der Waals surface area contributed by atoms with E-state index in [4.69, 9.17) is 26.3 Å². The van der Waals surface area contributed by atoms with Crippen LogP contribution in [0.4, 0.5) is 5.82 Å². The molecule has 0 aromatic carbocycles. The van der Waals surface area contributed by atoms with Gasteiger partial charge in [0.05, 0.1) is 23.1 Å². The molecule has 3 aromatic rings. The second-order valence-electron chi connectivity index (χ2n) is 3.59. The Morgan fingerprint density at radius 3 is 2.78 bits per heavy atom. The van der Waals surface area contributed by atoms with Crippen molar-refractivity contribution in [3.8, 4) is 22.6 Å². The van der Waals surface area contributed by atoms with Crippen LogP contribution < -0.4 is 5.73 Å². The van der Waals surface area contributed by atoms with Gasteiger partial charge in [-0.3, -0.25) is 4.98 Å². The zero-order chi connectivity index (χ0) is 12.5. The van der Waals surface area contributed by atoms with Gasteiger partial charge < -0.3 is 14.7 Å². The summed E-state index contributed by atoms with van der Waals surface area (Å²) >= 11 is 5.93. The predicted octanol–water partition coefficient (Wildman–Crippen LogP) is 3.23. The van der Waals surface area contributed by atoms with E-state index >= 15 is 0 Å². The molecule has 5 nitrogen and oxygen atoms in total. The predicted molar refractivity (Wildman–Crippen MR) is 66.9 cm³/mol. The standard InChI is InChI=1S/C12H8ClN3O2/c13-11-7(4-6-17-11)10-9(12(14)16-18-10)8-3-1-2-5-15-8/h1-6H,(H2,14,16). The summed E-state index contributed by atoms with van der Waals surface area (Å²) in [6.45, 7) is 0. The van der Waals surface area contributed by atoms with E-state index in [0.717, 1.165) is 0 Å². The molecule has 0 aliphatic carbocycles. The molecule has 0 aliphatic rings. The molecule has 90 valence electrons. The Bertz CT molecular complexity index is 676. The lowest BCUT2D eigenvalue weighted by atomic mass is 10.1. The first-order valence-electron chi connectivity index (χ1n) is 5.17. The lowest BCUT2D eigenvalue weighted by Gasteiger charge is -1.99. The first-order valence-corrected chi connectivity index (χ1v) is 5.55. The summed E-state index contributed by atoms with van der Waals surface area (Å²) in [5.74, 6) is 0.714. The lowest BCUT2D eigenvalue weighted by molar-refractivity contribution is 0.435. The van der Waals surface area contributed by atoms with Gasteiger partial charge in [0.1, 0.15) is 0 Å². The summed E-state index contributed by atoms with van der Waals surface area (Å²) in [4.78, 5) is 4.23. The second-order valence-corrected chi connectivity index (χ2v) is 3.94. The van der Waals surface area contributed by atoms with Crippen LogP contribution in [0.15, 0.2) is 45.7 Å². The summed E-state index contributed by atoms with van der Waals surface area (Å²) in [5.41, 5.74) is 7.69. The molecule has 0 atom stereocenters. The molecule has 0 aliphatic heterocycles. The van der Waals surface area contributed by atoms with Crippen LogP contribution >= 0.6 is 11.6 Å². The van der Waals surface area contributed by atoms with Crippen molar-refractivity contribution in [3.05, 3.63) is 41.9 Å². The second kappa shape index (κ2) is 4.19. The van der Waals surface area contributed by atoms with Crippen molar-refractivity contribution in [2.45, 2.75) is 0 Å². The lowest BCUT2D eigenvalue weighted by Crippen LogP contribution is -1.90. The maximum atomic E-state index is 5.93. The van der Waals surface area contributed by atoms with Crippen LogP contribution in [0.1, 0.15) is 0 Å². The monoisotopic (exact) mass is 261 g/mol. The van der Waals surface area contributed by atoms with E-state index in [9.17, 15) is 0 Å². The van der Waals surface area contributed by atoms with E-state index in [1.165, 1.54) is 6.26 Å². The molecule has 3 heterocycles. The van der Waals surface area contributed by atoms with Crippen LogP contribution in [0.5, 0.6) is 0 Å². The van der Waals surface area contributed by atoms with Gasteiger partial charge in [-0.2, -0.15) is 0 Å². The number of halogens is 1. The normalized spacial score (nSPS) is 10.7. The van der Waals surface area contributed by atoms with Crippen LogP contribution in [-0.2, 0) is 0 Å². The zero-order valence-corrected chi connectivity index (χ0v) is 9.89. The largest absolute Gasteiger partial charge is 0.452 e. The number of nitrogens with zero attached hydrogens (tertiary/aromatic N) is 2. The molecular formula is C12H8ClN3O2.